The van der Waals surface area contributed by atoms with Crippen LogP contribution in [0, 0.1) is 5.82 Å². The van der Waals surface area contributed by atoms with E-state index in [1.54, 1.807) is 24.5 Å². The van der Waals surface area contributed by atoms with E-state index in [1.807, 2.05) is 0 Å². The smallest absolute Gasteiger partial charge is 0.165 e. The van der Waals surface area contributed by atoms with Crippen molar-refractivity contribution in [2.24, 2.45) is 0 Å². The number of aromatic nitrogens is 2. The van der Waals surface area contributed by atoms with E-state index in [1.165, 1.54) is 13.2 Å². The largest absolute Gasteiger partial charge is 0.496 e. The Morgan fingerprint density at radius 2 is 1.94 bits per heavy atom. The molecule has 18 heavy (non-hydrogen) atoms. The Balaban J connectivity index is 2.42. The molecule has 4 heteroatoms. The van der Waals surface area contributed by atoms with Gasteiger partial charge in [0.2, 0.25) is 0 Å². The van der Waals surface area contributed by atoms with Crippen molar-refractivity contribution >= 4 is 0 Å². The minimum Gasteiger partial charge on any atom is -0.496 e. The van der Waals surface area contributed by atoms with Gasteiger partial charge in [0, 0.05) is 12.4 Å². The van der Waals surface area contributed by atoms with Crippen LogP contribution >= 0.6 is 0 Å². The predicted molar refractivity (Wildman–Crippen MR) is 68.0 cm³/mol. The van der Waals surface area contributed by atoms with E-state index in [2.05, 4.69) is 16.9 Å². The molecule has 0 aliphatic carbocycles. The molecular formula is C14H15FN2O. The number of halogens is 1. The second kappa shape index (κ2) is 5.58. The molecule has 0 fully saturated rings. The fourth-order valence-corrected chi connectivity index (χ4v) is 1.79. The number of benzene rings is 1. The SMILES string of the molecule is CCCc1cnc(-c2c(F)cccc2OC)nc1. The van der Waals surface area contributed by atoms with E-state index in [9.17, 15) is 4.39 Å². The first-order chi connectivity index (χ1) is 8.76. The second-order valence-corrected chi connectivity index (χ2v) is 3.98. The summed E-state index contributed by atoms with van der Waals surface area (Å²) >= 11 is 0. The molecule has 0 radical (unpaired) electrons. The first-order valence-corrected chi connectivity index (χ1v) is 5.90. The molecule has 0 saturated heterocycles. The van der Waals surface area contributed by atoms with Gasteiger partial charge in [-0.15, -0.1) is 0 Å². The molecule has 1 heterocycles. The lowest BCUT2D eigenvalue weighted by molar-refractivity contribution is 0.413. The zero-order chi connectivity index (χ0) is 13.0. The second-order valence-electron chi connectivity index (χ2n) is 3.98. The summed E-state index contributed by atoms with van der Waals surface area (Å²) in [6.07, 6.45) is 5.43. The summed E-state index contributed by atoms with van der Waals surface area (Å²) in [5.41, 5.74) is 1.36. The average Bonchev–Trinajstić information content (AvgIpc) is 2.40. The molecule has 0 spiro atoms. The molecule has 0 unspecified atom stereocenters. The van der Waals surface area contributed by atoms with Gasteiger partial charge in [-0.3, -0.25) is 0 Å². The fraction of sp³-hybridized carbons (Fsp3) is 0.286. The third kappa shape index (κ3) is 2.47. The molecule has 0 aliphatic rings. The number of aryl methyl sites for hydroxylation is 1. The van der Waals surface area contributed by atoms with Gasteiger partial charge >= 0.3 is 0 Å². The normalized spacial score (nSPS) is 10.4. The molecule has 1 aromatic carbocycles. The molecule has 2 aromatic rings. The third-order valence-corrected chi connectivity index (χ3v) is 2.66. The first-order valence-electron chi connectivity index (χ1n) is 5.90. The van der Waals surface area contributed by atoms with Crippen molar-refractivity contribution < 1.29 is 9.13 Å². The standard InChI is InChI=1S/C14H15FN2O/c1-3-5-10-8-16-14(17-9-10)13-11(15)6-4-7-12(13)18-2/h4,6-9H,3,5H2,1-2H3. The van der Waals surface area contributed by atoms with Crippen LogP contribution in [-0.2, 0) is 6.42 Å². The van der Waals surface area contributed by atoms with E-state index in [0.29, 0.717) is 17.1 Å². The average molecular weight is 246 g/mol. The summed E-state index contributed by atoms with van der Waals surface area (Å²) in [6.45, 7) is 2.09. The first kappa shape index (κ1) is 12.5. The van der Waals surface area contributed by atoms with Crippen molar-refractivity contribution in [2.45, 2.75) is 19.8 Å². The summed E-state index contributed by atoms with van der Waals surface area (Å²) in [5, 5.41) is 0. The van der Waals surface area contributed by atoms with Crippen LogP contribution in [0.1, 0.15) is 18.9 Å². The van der Waals surface area contributed by atoms with Gasteiger partial charge in [-0.1, -0.05) is 19.4 Å². The van der Waals surface area contributed by atoms with Crippen LogP contribution in [0.5, 0.6) is 5.75 Å². The lowest BCUT2D eigenvalue weighted by Gasteiger charge is -2.08. The molecule has 0 bridgehead atoms. The van der Waals surface area contributed by atoms with Gasteiger partial charge in [-0.25, -0.2) is 14.4 Å². The van der Waals surface area contributed by atoms with Gasteiger partial charge in [-0.05, 0) is 24.1 Å². The Hall–Kier alpha value is -1.97. The number of hydrogen-bond acceptors (Lipinski definition) is 3. The van der Waals surface area contributed by atoms with Crippen molar-refractivity contribution in [2.75, 3.05) is 7.11 Å². The highest BCUT2D eigenvalue weighted by Gasteiger charge is 2.13. The fourth-order valence-electron chi connectivity index (χ4n) is 1.79. The van der Waals surface area contributed by atoms with Gasteiger partial charge in [0.05, 0.1) is 12.7 Å². The predicted octanol–water partition coefficient (Wildman–Crippen LogP) is 3.24. The molecule has 0 saturated carbocycles. The molecule has 0 aliphatic heterocycles. The Morgan fingerprint density at radius 3 is 2.56 bits per heavy atom. The number of nitrogens with zero attached hydrogens (tertiary/aromatic N) is 2. The van der Waals surface area contributed by atoms with E-state index in [-0.39, 0.29) is 5.82 Å². The van der Waals surface area contributed by atoms with Crippen LogP contribution in [0.3, 0.4) is 0 Å². The molecule has 0 atom stereocenters. The van der Waals surface area contributed by atoms with Crippen molar-refractivity contribution in [1.82, 2.24) is 9.97 Å². The Kier molecular flexibility index (Phi) is 3.87. The minimum absolute atomic E-state index is 0.308. The van der Waals surface area contributed by atoms with E-state index in [4.69, 9.17) is 4.74 Å². The topological polar surface area (TPSA) is 35.0 Å². The molecule has 0 amide bonds. The Labute approximate surface area is 106 Å². The van der Waals surface area contributed by atoms with Crippen LogP contribution in [0.25, 0.3) is 11.4 Å². The van der Waals surface area contributed by atoms with E-state index >= 15 is 0 Å². The molecular weight excluding hydrogens is 231 g/mol. The number of rotatable bonds is 4. The van der Waals surface area contributed by atoms with E-state index in [0.717, 1.165) is 18.4 Å². The van der Waals surface area contributed by atoms with Crippen molar-refractivity contribution in [1.29, 1.82) is 0 Å². The van der Waals surface area contributed by atoms with Gasteiger partial charge in [0.1, 0.15) is 11.6 Å². The highest BCUT2D eigenvalue weighted by atomic mass is 19.1. The Bertz CT molecular complexity index is 526. The zero-order valence-corrected chi connectivity index (χ0v) is 10.5. The van der Waals surface area contributed by atoms with Gasteiger partial charge in [0.25, 0.3) is 0 Å². The van der Waals surface area contributed by atoms with Crippen LogP contribution < -0.4 is 4.74 Å². The van der Waals surface area contributed by atoms with Crippen molar-refractivity contribution in [3.63, 3.8) is 0 Å². The Morgan fingerprint density at radius 1 is 1.22 bits per heavy atom. The van der Waals surface area contributed by atoms with E-state index < -0.39 is 0 Å². The monoisotopic (exact) mass is 246 g/mol. The molecule has 0 N–H and O–H groups in total. The van der Waals surface area contributed by atoms with Crippen LogP contribution in [-0.4, -0.2) is 17.1 Å². The third-order valence-electron chi connectivity index (χ3n) is 2.66. The van der Waals surface area contributed by atoms with Gasteiger partial charge in [-0.2, -0.15) is 0 Å². The molecule has 3 nitrogen and oxygen atoms in total. The lowest BCUT2D eigenvalue weighted by atomic mass is 10.1. The lowest BCUT2D eigenvalue weighted by Crippen LogP contribution is -1.97. The maximum atomic E-state index is 13.8. The van der Waals surface area contributed by atoms with Gasteiger partial charge in [0.15, 0.2) is 5.82 Å². The quantitative estimate of drug-likeness (QED) is 0.830. The van der Waals surface area contributed by atoms with Crippen LogP contribution in [0.4, 0.5) is 4.39 Å². The maximum absolute atomic E-state index is 13.8. The number of hydrogen-bond donors (Lipinski definition) is 0. The minimum atomic E-state index is -0.377. The van der Waals surface area contributed by atoms with Crippen molar-refractivity contribution in [3.8, 4) is 17.1 Å². The summed E-state index contributed by atoms with van der Waals surface area (Å²) in [4.78, 5) is 8.41. The van der Waals surface area contributed by atoms with Crippen LogP contribution in [0.15, 0.2) is 30.6 Å². The number of methoxy groups -OCH3 is 1. The molecule has 1 aromatic heterocycles. The molecule has 2 rings (SSSR count). The highest BCUT2D eigenvalue weighted by molar-refractivity contribution is 5.64. The summed E-state index contributed by atoms with van der Waals surface area (Å²) in [7, 11) is 1.50. The zero-order valence-electron chi connectivity index (χ0n) is 10.5. The van der Waals surface area contributed by atoms with Crippen LogP contribution in [0.2, 0.25) is 0 Å². The number of ether oxygens (including phenoxy) is 1. The molecule has 94 valence electrons. The summed E-state index contributed by atoms with van der Waals surface area (Å²) in [6, 6.07) is 4.67. The summed E-state index contributed by atoms with van der Waals surface area (Å²) in [5.74, 6) is 0.417. The highest BCUT2D eigenvalue weighted by Crippen LogP contribution is 2.29. The van der Waals surface area contributed by atoms with Gasteiger partial charge < -0.3 is 4.74 Å². The van der Waals surface area contributed by atoms with Crippen molar-refractivity contribution in [3.05, 3.63) is 42.0 Å². The maximum Gasteiger partial charge on any atom is 0.165 e. The summed E-state index contributed by atoms with van der Waals surface area (Å²) < 4.78 is 18.9.